The molecule has 0 aliphatic heterocycles. The highest BCUT2D eigenvalue weighted by molar-refractivity contribution is 5.66. The predicted molar refractivity (Wildman–Crippen MR) is 40.6 cm³/mol. The molecule has 0 radical (unpaired) electrons. The van der Waals surface area contributed by atoms with E-state index in [1.165, 1.54) is 6.92 Å². The fraction of sp³-hybridized carbons (Fsp3) is 0.625. The van der Waals surface area contributed by atoms with Gasteiger partial charge in [0.25, 0.3) is 0 Å². The molecule has 1 unspecified atom stereocenters. The monoisotopic (exact) mass is 156 g/mol. The molecule has 1 atom stereocenters. The molecule has 0 saturated heterocycles. The van der Waals surface area contributed by atoms with Crippen LogP contribution in [-0.2, 0) is 14.3 Å². The molecule has 0 N–H and O–H groups in total. The molecule has 0 fully saturated rings. The van der Waals surface area contributed by atoms with Gasteiger partial charge in [0.2, 0.25) is 0 Å². The van der Waals surface area contributed by atoms with Gasteiger partial charge in [-0.1, -0.05) is 0 Å². The molecule has 0 spiro atoms. The highest BCUT2D eigenvalue weighted by Gasteiger charge is 1.98. The van der Waals surface area contributed by atoms with Crippen molar-refractivity contribution in [2.75, 3.05) is 6.61 Å². The molecule has 0 aromatic rings. The second-order valence-electron chi connectivity index (χ2n) is 1.93. The molecule has 11 heavy (non-hydrogen) atoms. The SMILES string of the molecule is CCOC#CC(C)OC(C)=O. The van der Waals surface area contributed by atoms with Crippen molar-refractivity contribution >= 4 is 5.97 Å². The highest BCUT2D eigenvalue weighted by atomic mass is 16.5. The summed E-state index contributed by atoms with van der Waals surface area (Å²) >= 11 is 0. The van der Waals surface area contributed by atoms with Crippen molar-refractivity contribution in [1.82, 2.24) is 0 Å². The van der Waals surface area contributed by atoms with Gasteiger partial charge in [-0.15, -0.1) is 0 Å². The van der Waals surface area contributed by atoms with Gasteiger partial charge in [-0.3, -0.25) is 4.79 Å². The molecule has 0 aromatic carbocycles. The van der Waals surface area contributed by atoms with Gasteiger partial charge in [-0.2, -0.15) is 0 Å². The van der Waals surface area contributed by atoms with Gasteiger partial charge in [0.1, 0.15) is 6.11 Å². The number of carbonyl (C=O) groups excluding carboxylic acids is 1. The summed E-state index contributed by atoms with van der Waals surface area (Å²) in [5.41, 5.74) is 0. The zero-order valence-corrected chi connectivity index (χ0v) is 7.01. The Kier molecular flexibility index (Phi) is 5.01. The number of ether oxygens (including phenoxy) is 2. The van der Waals surface area contributed by atoms with E-state index >= 15 is 0 Å². The number of hydrogen-bond acceptors (Lipinski definition) is 3. The van der Waals surface area contributed by atoms with Crippen LogP contribution >= 0.6 is 0 Å². The summed E-state index contributed by atoms with van der Waals surface area (Å²) in [7, 11) is 0. The first-order chi connectivity index (χ1) is 5.16. The van der Waals surface area contributed by atoms with E-state index in [2.05, 4.69) is 12.0 Å². The lowest BCUT2D eigenvalue weighted by Gasteiger charge is -2.01. The number of esters is 1. The van der Waals surface area contributed by atoms with Crippen LogP contribution in [0.4, 0.5) is 0 Å². The van der Waals surface area contributed by atoms with Gasteiger partial charge in [0.15, 0.2) is 6.10 Å². The van der Waals surface area contributed by atoms with E-state index in [4.69, 9.17) is 9.47 Å². The quantitative estimate of drug-likeness (QED) is 0.441. The van der Waals surface area contributed by atoms with Crippen molar-refractivity contribution in [3.8, 4) is 12.0 Å². The average Bonchev–Trinajstić information content (AvgIpc) is 1.86. The fourth-order valence-electron chi connectivity index (χ4n) is 0.475. The van der Waals surface area contributed by atoms with Crippen LogP contribution in [0.3, 0.4) is 0 Å². The molecular weight excluding hydrogens is 144 g/mol. The van der Waals surface area contributed by atoms with Gasteiger partial charge in [-0.25, -0.2) is 0 Å². The predicted octanol–water partition coefficient (Wildman–Crippen LogP) is 0.935. The van der Waals surface area contributed by atoms with Crippen molar-refractivity contribution in [2.24, 2.45) is 0 Å². The van der Waals surface area contributed by atoms with Crippen molar-refractivity contribution in [3.63, 3.8) is 0 Å². The van der Waals surface area contributed by atoms with E-state index in [-0.39, 0.29) is 12.1 Å². The van der Waals surface area contributed by atoms with Crippen molar-refractivity contribution in [3.05, 3.63) is 0 Å². The standard InChI is InChI=1S/C8H12O3/c1-4-10-6-5-7(2)11-8(3)9/h7H,4H2,1-3H3. The van der Waals surface area contributed by atoms with Crippen LogP contribution < -0.4 is 0 Å². The van der Waals surface area contributed by atoms with Crippen LogP contribution in [0, 0.1) is 12.0 Å². The van der Waals surface area contributed by atoms with E-state index in [0.717, 1.165) is 0 Å². The molecule has 0 aliphatic rings. The third-order valence-corrected chi connectivity index (χ3v) is 0.821. The number of hydrogen-bond donors (Lipinski definition) is 0. The Hall–Kier alpha value is -1.17. The van der Waals surface area contributed by atoms with E-state index in [1.807, 2.05) is 6.92 Å². The van der Waals surface area contributed by atoms with Crippen molar-refractivity contribution in [1.29, 1.82) is 0 Å². The van der Waals surface area contributed by atoms with E-state index in [1.54, 1.807) is 6.92 Å². The van der Waals surface area contributed by atoms with Gasteiger partial charge < -0.3 is 9.47 Å². The maximum absolute atomic E-state index is 10.4. The summed E-state index contributed by atoms with van der Waals surface area (Å²) in [5, 5.41) is 0. The Labute approximate surface area is 66.7 Å². The Morgan fingerprint density at radius 2 is 2.27 bits per heavy atom. The van der Waals surface area contributed by atoms with Gasteiger partial charge >= 0.3 is 5.97 Å². The van der Waals surface area contributed by atoms with Crippen LogP contribution in [0.1, 0.15) is 20.8 Å². The Balaban J connectivity index is 3.61. The average molecular weight is 156 g/mol. The number of carbonyl (C=O) groups is 1. The summed E-state index contributed by atoms with van der Waals surface area (Å²) in [4.78, 5) is 10.4. The molecule has 3 nitrogen and oxygen atoms in total. The van der Waals surface area contributed by atoms with E-state index in [0.29, 0.717) is 6.61 Å². The highest BCUT2D eigenvalue weighted by Crippen LogP contribution is 1.87. The molecule has 62 valence electrons. The Morgan fingerprint density at radius 3 is 2.73 bits per heavy atom. The first-order valence-electron chi connectivity index (χ1n) is 3.46. The molecular formula is C8H12O3. The zero-order valence-electron chi connectivity index (χ0n) is 7.01. The summed E-state index contributed by atoms with van der Waals surface area (Å²) in [6.07, 6.45) is 2.02. The maximum atomic E-state index is 10.4. The molecule has 3 heteroatoms. The lowest BCUT2D eigenvalue weighted by atomic mass is 10.4. The Bertz CT molecular complexity index is 176. The molecule has 0 bridgehead atoms. The lowest BCUT2D eigenvalue weighted by molar-refractivity contribution is -0.143. The van der Waals surface area contributed by atoms with Crippen LogP contribution in [0.25, 0.3) is 0 Å². The summed E-state index contributed by atoms with van der Waals surface area (Å²) in [6.45, 7) is 5.41. The molecule has 0 saturated carbocycles. The normalized spacial score (nSPS) is 10.8. The van der Waals surface area contributed by atoms with Crippen LogP contribution in [0.2, 0.25) is 0 Å². The first-order valence-corrected chi connectivity index (χ1v) is 3.46. The maximum Gasteiger partial charge on any atom is 0.303 e. The topological polar surface area (TPSA) is 35.5 Å². The minimum Gasteiger partial charge on any atom is -0.450 e. The van der Waals surface area contributed by atoms with Crippen molar-refractivity contribution < 1.29 is 14.3 Å². The third kappa shape index (κ3) is 6.72. The largest absolute Gasteiger partial charge is 0.450 e. The first kappa shape index (κ1) is 9.83. The molecule has 0 aromatic heterocycles. The zero-order chi connectivity index (χ0) is 8.69. The molecule has 0 amide bonds. The fourth-order valence-corrected chi connectivity index (χ4v) is 0.475. The Morgan fingerprint density at radius 1 is 1.64 bits per heavy atom. The van der Waals surface area contributed by atoms with Crippen LogP contribution in [-0.4, -0.2) is 18.7 Å². The van der Waals surface area contributed by atoms with Crippen LogP contribution in [0.15, 0.2) is 0 Å². The molecule has 0 aliphatic carbocycles. The lowest BCUT2D eigenvalue weighted by Crippen LogP contribution is -2.09. The summed E-state index contributed by atoms with van der Waals surface area (Å²) < 4.78 is 9.44. The molecule has 0 heterocycles. The van der Waals surface area contributed by atoms with Crippen LogP contribution in [0.5, 0.6) is 0 Å². The second-order valence-corrected chi connectivity index (χ2v) is 1.93. The minimum absolute atomic E-state index is 0.330. The smallest absolute Gasteiger partial charge is 0.303 e. The van der Waals surface area contributed by atoms with Gasteiger partial charge in [0, 0.05) is 6.92 Å². The number of rotatable bonds is 2. The second kappa shape index (κ2) is 5.60. The summed E-state index contributed by atoms with van der Waals surface area (Å²) in [5.74, 6) is 2.27. The third-order valence-electron chi connectivity index (χ3n) is 0.821. The summed E-state index contributed by atoms with van der Waals surface area (Å²) in [6, 6.07) is 0. The van der Waals surface area contributed by atoms with Gasteiger partial charge in [0.05, 0.1) is 6.61 Å². The van der Waals surface area contributed by atoms with Crippen molar-refractivity contribution in [2.45, 2.75) is 26.9 Å². The van der Waals surface area contributed by atoms with E-state index in [9.17, 15) is 4.79 Å². The van der Waals surface area contributed by atoms with E-state index < -0.39 is 0 Å². The minimum atomic E-state index is -0.390. The molecule has 0 rings (SSSR count). The van der Waals surface area contributed by atoms with Gasteiger partial charge in [-0.05, 0) is 19.8 Å².